The third-order valence-electron chi connectivity index (χ3n) is 3.74. The Hall–Kier alpha value is -1.82. The SMILES string of the molecule is NC(=S)c1ccccc1N1CCN2C(=O)NCC2C1. The minimum atomic E-state index is 0.0484. The lowest BCUT2D eigenvalue weighted by Crippen LogP contribution is -2.52. The number of nitrogens with one attached hydrogen (secondary N) is 1. The van der Waals surface area contributed by atoms with Crippen LogP contribution in [-0.2, 0) is 0 Å². The van der Waals surface area contributed by atoms with E-state index in [4.69, 9.17) is 18.0 Å². The highest BCUT2D eigenvalue weighted by molar-refractivity contribution is 7.80. The van der Waals surface area contributed by atoms with Crippen molar-refractivity contribution in [2.45, 2.75) is 6.04 Å². The molecule has 1 aromatic carbocycles. The Morgan fingerprint density at radius 3 is 2.95 bits per heavy atom. The monoisotopic (exact) mass is 276 g/mol. The van der Waals surface area contributed by atoms with Gasteiger partial charge in [-0.3, -0.25) is 0 Å². The van der Waals surface area contributed by atoms with Crippen LogP contribution in [0.3, 0.4) is 0 Å². The van der Waals surface area contributed by atoms with Crippen LogP contribution in [0.15, 0.2) is 24.3 Å². The van der Waals surface area contributed by atoms with Crippen molar-refractivity contribution in [2.24, 2.45) is 5.73 Å². The fourth-order valence-electron chi connectivity index (χ4n) is 2.78. The van der Waals surface area contributed by atoms with Gasteiger partial charge in [0.15, 0.2) is 0 Å². The van der Waals surface area contributed by atoms with Gasteiger partial charge in [-0.15, -0.1) is 0 Å². The highest BCUT2D eigenvalue weighted by atomic mass is 32.1. The van der Waals surface area contributed by atoms with Gasteiger partial charge < -0.3 is 20.9 Å². The summed E-state index contributed by atoms with van der Waals surface area (Å²) in [5.74, 6) is 0. The van der Waals surface area contributed by atoms with E-state index in [1.54, 1.807) is 0 Å². The van der Waals surface area contributed by atoms with Gasteiger partial charge in [0.25, 0.3) is 0 Å². The molecule has 5 nitrogen and oxygen atoms in total. The van der Waals surface area contributed by atoms with E-state index in [1.807, 2.05) is 29.2 Å². The van der Waals surface area contributed by atoms with Crippen LogP contribution >= 0.6 is 12.2 Å². The normalized spacial score (nSPS) is 22.1. The number of rotatable bonds is 2. The van der Waals surface area contributed by atoms with E-state index in [9.17, 15) is 4.79 Å². The molecule has 0 radical (unpaired) electrons. The van der Waals surface area contributed by atoms with Gasteiger partial charge in [-0.1, -0.05) is 24.4 Å². The van der Waals surface area contributed by atoms with E-state index < -0.39 is 0 Å². The molecule has 3 rings (SSSR count). The molecule has 0 aliphatic carbocycles. The Morgan fingerprint density at radius 1 is 1.37 bits per heavy atom. The van der Waals surface area contributed by atoms with Crippen molar-refractivity contribution in [1.82, 2.24) is 10.2 Å². The van der Waals surface area contributed by atoms with Crippen molar-refractivity contribution in [3.8, 4) is 0 Å². The zero-order chi connectivity index (χ0) is 13.4. The molecule has 2 aliphatic rings. The zero-order valence-corrected chi connectivity index (χ0v) is 11.3. The summed E-state index contributed by atoms with van der Waals surface area (Å²) in [4.78, 5) is 16.2. The Kier molecular flexibility index (Phi) is 3.02. The molecule has 1 aromatic rings. The summed E-state index contributed by atoms with van der Waals surface area (Å²) in [5.41, 5.74) is 7.75. The molecule has 2 saturated heterocycles. The first-order valence-electron chi connectivity index (χ1n) is 6.35. The third kappa shape index (κ3) is 2.12. The van der Waals surface area contributed by atoms with Crippen LogP contribution in [0.1, 0.15) is 5.56 Å². The second kappa shape index (κ2) is 4.70. The van der Waals surface area contributed by atoms with E-state index in [0.717, 1.165) is 30.9 Å². The van der Waals surface area contributed by atoms with Crippen LogP contribution in [0.5, 0.6) is 0 Å². The number of fused-ring (bicyclic) bond motifs is 1. The average Bonchev–Trinajstić information content (AvgIpc) is 2.80. The number of urea groups is 1. The first-order valence-corrected chi connectivity index (χ1v) is 6.76. The van der Waals surface area contributed by atoms with Gasteiger partial charge in [-0.25, -0.2) is 4.79 Å². The molecular formula is C13H16N4OS. The first kappa shape index (κ1) is 12.2. The molecular weight excluding hydrogens is 260 g/mol. The maximum absolute atomic E-state index is 11.6. The number of anilines is 1. The van der Waals surface area contributed by atoms with E-state index in [1.165, 1.54) is 0 Å². The van der Waals surface area contributed by atoms with Crippen molar-refractivity contribution in [3.63, 3.8) is 0 Å². The molecule has 2 fully saturated rings. The summed E-state index contributed by atoms with van der Waals surface area (Å²) < 4.78 is 0. The van der Waals surface area contributed by atoms with Gasteiger partial charge in [0.2, 0.25) is 0 Å². The summed E-state index contributed by atoms with van der Waals surface area (Å²) in [6.07, 6.45) is 0. The fraction of sp³-hybridized carbons (Fsp3) is 0.385. The number of amides is 2. The molecule has 6 heteroatoms. The Balaban J connectivity index is 1.85. The molecule has 1 atom stereocenters. The molecule has 3 N–H and O–H groups in total. The highest BCUT2D eigenvalue weighted by Crippen LogP contribution is 2.24. The van der Waals surface area contributed by atoms with Gasteiger partial charge in [0.1, 0.15) is 4.99 Å². The molecule has 0 saturated carbocycles. The fourth-order valence-corrected chi connectivity index (χ4v) is 2.95. The van der Waals surface area contributed by atoms with Crippen molar-refractivity contribution < 1.29 is 4.79 Å². The Labute approximate surface area is 117 Å². The van der Waals surface area contributed by atoms with Gasteiger partial charge >= 0.3 is 6.03 Å². The van der Waals surface area contributed by atoms with E-state index in [-0.39, 0.29) is 12.1 Å². The van der Waals surface area contributed by atoms with Crippen LogP contribution < -0.4 is 16.0 Å². The molecule has 2 heterocycles. The Bertz CT molecular complexity index is 533. The van der Waals surface area contributed by atoms with E-state index >= 15 is 0 Å². The average molecular weight is 276 g/mol. The Morgan fingerprint density at radius 2 is 2.16 bits per heavy atom. The van der Waals surface area contributed by atoms with Gasteiger partial charge in [-0.2, -0.15) is 0 Å². The van der Waals surface area contributed by atoms with Crippen molar-refractivity contribution in [1.29, 1.82) is 0 Å². The molecule has 1 unspecified atom stereocenters. The number of piperazine rings is 1. The van der Waals surface area contributed by atoms with Gasteiger partial charge in [-0.05, 0) is 12.1 Å². The topological polar surface area (TPSA) is 61.6 Å². The summed E-state index contributed by atoms with van der Waals surface area (Å²) in [6, 6.07) is 8.19. The van der Waals surface area contributed by atoms with E-state index in [2.05, 4.69) is 10.2 Å². The molecule has 19 heavy (non-hydrogen) atoms. The van der Waals surface area contributed by atoms with Crippen molar-refractivity contribution >= 4 is 28.9 Å². The lowest BCUT2D eigenvalue weighted by molar-refractivity contribution is 0.197. The molecule has 0 spiro atoms. The predicted molar refractivity (Wildman–Crippen MR) is 78.4 cm³/mol. The summed E-state index contributed by atoms with van der Waals surface area (Å²) >= 11 is 5.11. The second-order valence-corrected chi connectivity index (χ2v) is 5.30. The van der Waals surface area contributed by atoms with Crippen LogP contribution in [0.25, 0.3) is 0 Å². The number of hydrogen-bond donors (Lipinski definition) is 2. The highest BCUT2D eigenvalue weighted by Gasteiger charge is 2.35. The number of para-hydroxylation sites is 1. The maximum Gasteiger partial charge on any atom is 0.317 e. The second-order valence-electron chi connectivity index (χ2n) is 4.86. The molecule has 0 aromatic heterocycles. The number of hydrogen-bond acceptors (Lipinski definition) is 3. The number of thiocarbonyl (C=S) groups is 1. The van der Waals surface area contributed by atoms with Crippen LogP contribution in [0.4, 0.5) is 10.5 Å². The molecule has 100 valence electrons. The smallest absolute Gasteiger partial charge is 0.317 e. The van der Waals surface area contributed by atoms with Crippen LogP contribution in [0.2, 0.25) is 0 Å². The number of carbonyl (C=O) groups excluding carboxylic acids is 1. The standard InChI is InChI=1S/C13H16N4OS/c14-12(19)10-3-1-2-4-11(10)16-5-6-17-9(8-16)7-15-13(17)18/h1-4,9H,5-8H2,(H2,14,19)(H,15,18). The summed E-state index contributed by atoms with van der Waals surface area (Å²) in [6.45, 7) is 3.08. The molecule has 2 amide bonds. The zero-order valence-electron chi connectivity index (χ0n) is 10.5. The lowest BCUT2D eigenvalue weighted by Gasteiger charge is -2.38. The summed E-state index contributed by atoms with van der Waals surface area (Å²) in [7, 11) is 0. The predicted octanol–water partition coefficient (Wildman–Crippen LogP) is 0.535. The number of benzene rings is 1. The number of nitrogens with zero attached hydrogens (tertiary/aromatic N) is 2. The van der Waals surface area contributed by atoms with Crippen LogP contribution in [0, 0.1) is 0 Å². The molecule has 2 aliphatic heterocycles. The van der Waals surface area contributed by atoms with Crippen LogP contribution in [-0.4, -0.2) is 48.1 Å². The number of nitrogens with two attached hydrogens (primary N) is 1. The minimum absolute atomic E-state index is 0.0484. The first-order chi connectivity index (χ1) is 9.16. The largest absolute Gasteiger partial charge is 0.389 e. The van der Waals surface area contributed by atoms with Crippen molar-refractivity contribution in [3.05, 3.63) is 29.8 Å². The van der Waals surface area contributed by atoms with Crippen molar-refractivity contribution in [2.75, 3.05) is 31.1 Å². The van der Waals surface area contributed by atoms with E-state index in [0.29, 0.717) is 11.5 Å². The van der Waals surface area contributed by atoms with Gasteiger partial charge in [0.05, 0.1) is 6.04 Å². The minimum Gasteiger partial charge on any atom is -0.389 e. The quantitative estimate of drug-likeness (QED) is 0.774. The third-order valence-corrected chi connectivity index (χ3v) is 3.96. The van der Waals surface area contributed by atoms with Gasteiger partial charge in [0, 0.05) is 37.4 Å². The lowest BCUT2D eigenvalue weighted by atomic mass is 10.1. The summed E-state index contributed by atoms with van der Waals surface area (Å²) in [5, 5.41) is 2.88. The molecule has 0 bridgehead atoms. The maximum atomic E-state index is 11.6. The number of carbonyl (C=O) groups is 1.